The Hall–Kier alpha value is -2.94. The van der Waals surface area contributed by atoms with Crippen LogP contribution in [0.3, 0.4) is 0 Å². The van der Waals surface area contributed by atoms with Crippen molar-refractivity contribution in [2.75, 3.05) is 36.9 Å². The Balaban J connectivity index is 1.64. The standard InChI is InChI=1S/C22H28N2O6S/c1-15-5-7-19(13-16(15)2)28-10-9-23-22(25)17(3)24(31(4,26)27)18-6-8-20-21(14-18)30-12-11-29-20/h5-8,13-14,17H,9-12H2,1-4H3,(H,23,25)/t17-/m0/s1. The van der Waals surface area contributed by atoms with Gasteiger partial charge >= 0.3 is 0 Å². The second-order valence-corrected chi connectivity index (χ2v) is 9.31. The highest BCUT2D eigenvalue weighted by Crippen LogP contribution is 2.35. The molecule has 0 radical (unpaired) electrons. The zero-order valence-corrected chi connectivity index (χ0v) is 19.0. The van der Waals surface area contributed by atoms with E-state index in [0.29, 0.717) is 30.4 Å². The van der Waals surface area contributed by atoms with E-state index in [2.05, 4.69) is 5.32 Å². The minimum atomic E-state index is -3.73. The van der Waals surface area contributed by atoms with E-state index >= 15 is 0 Å². The van der Waals surface area contributed by atoms with Gasteiger partial charge in [-0.15, -0.1) is 0 Å². The Morgan fingerprint density at radius 2 is 1.81 bits per heavy atom. The van der Waals surface area contributed by atoms with Crippen LogP contribution in [0.25, 0.3) is 0 Å². The molecule has 1 N–H and O–H groups in total. The van der Waals surface area contributed by atoms with Crippen molar-refractivity contribution in [1.82, 2.24) is 5.32 Å². The van der Waals surface area contributed by atoms with Crippen LogP contribution >= 0.6 is 0 Å². The Labute approximate surface area is 183 Å². The molecule has 2 aromatic rings. The molecule has 31 heavy (non-hydrogen) atoms. The van der Waals surface area contributed by atoms with Gasteiger partial charge in [-0.2, -0.15) is 0 Å². The van der Waals surface area contributed by atoms with Crippen molar-refractivity contribution in [2.24, 2.45) is 0 Å². The molecule has 0 bridgehead atoms. The molecule has 0 aliphatic carbocycles. The number of amides is 1. The maximum atomic E-state index is 12.7. The summed E-state index contributed by atoms with van der Waals surface area (Å²) in [7, 11) is -3.73. The Morgan fingerprint density at radius 1 is 1.10 bits per heavy atom. The summed E-state index contributed by atoms with van der Waals surface area (Å²) in [5.74, 6) is 1.29. The first-order chi connectivity index (χ1) is 14.7. The lowest BCUT2D eigenvalue weighted by Crippen LogP contribution is -2.48. The molecule has 0 spiro atoms. The van der Waals surface area contributed by atoms with Gasteiger partial charge in [0.2, 0.25) is 15.9 Å². The molecule has 0 saturated carbocycles. The minimum absolute atomic E-state index is 0.245. The normalized spacial score (nSPS) is 13.9. The number of nitrogens with one attached hydrogen (secondary N) is 1. The van der Waals surface area contributed by atoms with Crippen molar-refractivity contribution >= 4 is 21.6 Å². The van der Waals surface area contributed by atoms with Gasteiger partial charge in [-0.25, -0.2) is 8.42 Å². The lowest BCUT2D eigenvalue weighted by molar-refractivity contribution is -0.121. The highest BCUT2D eigenvalue weighted by Gasteiger charge is 2.30. The molecule has 0 saturated heterocycles. The molecule has 0 aromatic heterocycles. The highest BCUT2D eigenvalue weighted by atomic mass is 32.2. The van der Waals surface area contributed by atoms with Crippen molar-refractivity contribution in [3.63, 3.8) is 0 Å². The van der Waals surface area contributed by atoms with Gasteiger partial charge in [0.15, 0.2) is 11.5 Å². The van der Waals surface area contributed by atoms with Crippen LogP contribution in [-0.2, 0) is 14.8 Å². The third-order valence-electron chi connectivity index (χ3n) is 5.02. The van der Waals surface area contributed by atoms with E-state index in [-0.39, 0.29) is 13.2 Å². The predicted molar refractivity (Wildman–Crippen MR) is 119 cm³/mol. The first-order valence-electron chi connectivity index (χ1n) is 10.0. The highest BCUT2D eigenvalue weighted by molar-refractivity contribution is 7.92. The van der Waals surface area contributed by atoms with Crippen LogP contribution in [0.1, 0.15) is 18.1 Å². The van der Waals surface area contributed by atoms with Crippen molar-refractivity contribution in [3.8, 4) is 17.2 Å². The van der Waals surface area contributed by atoms with E-state index in [1.807, 2.05) is 32.0 Å². The van der Waals surface area contributed by atoms with Crippen molar-refractivity contribution in [1.29, 1.82) is 0 Å². The Bertz CT molecular complexity index is 1050. The van der Waals surface area contributed by atoms with Gasteiger partial charge in [0.25, 0.3) is 0 Å². The summed E-state index contributed by atoms with van der Waals surface area (Å²) in [4.78, 5) is 12.7. The second-order valence-electron chi connectivity index (χ2n) is 7.45. The number of nitrogens with zero attached hydrogens (tertiary/aromatic N) is 1. The van der Waals surface area contributed by atoms with E-state index in [1.165, 1.54) is 12.5 Å². The van der Waals surface area contributed by atoms with Crippen LogP contribution < -0.4 is 23.8 Å². The van der Waals surface area contributed by atoms with E-state index in [0.717, 1.165) is 21.9 Å². The molecule has 1 atom stereocenters. The van der Waals surface area contributed by atoms with Crippen LogP contribution in [0.4, 0.5) is 5.69 Å². The van der Waals surface area contributed by atoms with Crippen LogP contribution in [0.15, 0.2) is 36.4 Å². The van der Waals surface area contributed by atoms with Crippen molar-refractivity contribution < 1.29 is 27.4 Å². The molecule has 1 aliphatic heterocycles. The summed E-state index contributed by atoms with van der Waals surface area (Å²) in [5, 5.41) is 2.74. The number of carbonyl (C=O) groups is 1. The number of sulfonamides is 1. The third kappa shape index (κ3) is 5.61. The van der Waals surface area contributed by atoms with E-state index < -0.39 is 22.0 Å². The van der Waals surface area contributed by atoms with Gasteiger partial charge in [-0.05, 0) is 56.2 Å². The van der Waals surface area contributed by atoms with Gasteiger partial charge in [0.1, 0.15) is 31.6 Å². The minimum Gasteiger partial charge on any atom is -0.492 e. The summed E-state index contributed by atoms with van der Waals surface area (Å²) in [5.41, 5.74) is 2.63. The topological polar surface area (TPSA) is 94.2 Å². The first kappa shape index (κ1) is 22.7. The molecule has 9 heteroatoms. The number of benzene rings is 2. The molecule has 2 aromatic carbocycles. The summed E-state index contributed by atoms with van der Waals surface area (Å²) in [6, 6.07) is 9.64. The van der Waals surface area contributed by atoms with Crippen molar-refractivity contribution in [3.05, 3.63) is 47.5 Å². The van der Waals surface area contributed by atoms with Gasteiger partial charge in [-0.3, -0.25) is 9.10 Å². The van der Waals surface area contributed by atoms with Gasteiger partial charge < -0.3 is 19.5 Å². The monoisotopic (exact) mass is 448 g/mol. The second kappa shape index (κ2) is 9.47. The number of anilines is 1. The van der Waals surface area contributed by atoms with Crippen LogP contribution in [0, 0.1) is 13.8 Å². The molecule has 168 valence electrons. The molecule has 0 fully saturated rings. The smallest absolute Gasteiger partial charge is 0.243 e. The van der Waals surface area contributed by atoms with E-state index in [9.17, 15) is 13.2 Å². The molecule has 3 rings (SSSR count). The summed E-state index contributed by atoms with van der Waals surface area (Å²) in [6.07, 6.45) is 1.07. The number of carbonyl (C=O) groups excluding carboxylic acids is 1. The largest absolute Gasteiger partial charge is 0.492 e. The number of fused-ring (bicyclic) bond motifs is 1. The number of hydrogen-bond donors (Lipinski definition) is 1. The third-order valence-corrected chi connectivity index (χ3v) is 6.26. The number of rotatable bonds is 8. The molecule has 8 nitrogen and oxygen atoms in total. The molecule has 0 unspecified atom stereocenters. The van der Waals surface area contributed by atoms with E-state index in [4.69, 9.17) is 14.2 Å². The lowest BCUT2D eigenvalue weighted by Gasteiger charge is -2.29. The number of hydrogen-bond acceptors (Lipinski definition) is 6. The van der Waals surface area contributed by atoms with Crippen LogP contribution in [0.2, 0.25) is 0 Å². The zero-order valence-electron chi connectivity index (χ0n) is 18.2. The maximum Gasteiger partial charge on any atom is 0.243 e. The van der Waals surface area contributed by atoms with Gasteiger partial charge in [0.05, 0.1) is 18.5 Å². The molecule has 1 amide bonds. The quantitative estimate of drug-likeness (QED) is 0.624. The summed E-state index contributed by atoms with van der Waals surface area (Å²) >= 11 is 0. The number of aryl methyl sites for hydroxylation is 2. The predicted octanol–water partition coefficient (Wildman–Crippen LogP) is 2.42. The lowest BCUT2D eigenvalue weighted by atomic mass is 10.1. The Morgan fingerprint density at radius 3 is 2.48 bits per heavy atom. The van der Waals surface area contributed by atoms with Gasteiger partial charge in [-0.1, -0.05) is 6.07 Å². The molecule has 1 heterocycles. The van der Waals surface area contributed by atoms with Crippen molar-refractivity contribution in [2.45, 2.75) is 26.8 Å². The van der Waals surface area contributed by atoms with E-state index in [1.54, 1.807) is 18.2 Å². The fourth-order valence-corrected chi connectivity index (χ4v) is 4.44. The molecular weight excluding hydrogens is 420 g/mol. The molecule has 1 aliphatic rings. The first-order valence-corrected chi connectivity index (χ1v) is 11.9. The number of ether oxygens (including phenoxy) is 3. The SMILES string of the molecule is Cc1ccc(OCCNC(=O)[C@H](C)N(c2ccc3c(c2)OCCO3)S(C)(=O)=O)cc1C. The zero-order chi connectivity index (χ0) is 22.6. The average Bonchev–Trinajstić information content (AvgIpc) is 2.72. The van der Waals surface area contributed by atoms with Crippen LogP contribution in [0.5, 0.6) is 17.2 Å². The fourth-order valence-electron chi connectivity index (χ4n) is 3.27. The Kier molecular flexibility index (Phi) is 6.94. The summed E-state index contributed by atoms with van der Waals surface area (Å²) in [6.45, 7) is 6.90. The average molecular weight is 449 g/mol. The summed E-state index contributed by atoms with van der Waals surface area (Å²) < 4.78 is 42.7. The maximum absolute atomic E-state index is 12.7. The van der Waals surface area contributed by atoms with Crippen LogP contribution in [-0.4, -0.2) is 53.0 Å². The fraction of sp³-hybridized carbons (Fsp3) is 0.409. The molecular formula is C22H28N2O6S. The van der Waals surface area contributed by atoms with Gasteiger partial charge in [0, 0.05) is 6.07 Å².